The van der Waals surface area contributed by atoms with Gasteiger partial charge in [0.2, 0.25) is 0 Å². The van der Waals surface area contributed by atoms with Gasteiger partial charge in [-0.05, 0) is 12.1 Å². The summed E-state index contributed by atoms with van der Waals surface area (Å²) in [5, 5.41) is 3.03. The van der Waals surface area contributed by atoms with Crippen LogP contribution in [0, 0.1) is 0 Å². The first-order valence-corrected chi connectivity index (χ1v) is 4.14. The fourth-order valence-corrected chi connectivity index (χ4v) is 1.27. The molecule has 0 saturated carbocycles. The van der Waals surface area contributed by atoms with Crippen LogP contribution in [0.5, 0.6) is 11.6 Å². The lowest BCUT2D eigenvalue weighted by Crippen LogP contribution is -2.06. The molecule has 5 heteroatoms. The van der Waals surface area contributed by atoms with Gasteiger partial charge in [0, 0.05) is 18.6 Å². The van der Waals surface area contributed by atoms with Gasteiger partial charge >= 0.3 is 0 Å². The van der Waals surface area contributed by atoms with E-state index in [2.05, 4.69) is 20.3 Å². The predicted molar refractivity (Wildman–Crippen MR) is 49.6 cm³/mol. The average Bonchev–Trinajstić information content (AvgIpc) is 2.26. The molecule has 5 nitrogen and oxygen atoms in total. The molecular formula is C9H6N4O. The number of pyridine rings is 1. The number of aromatic nitrogens is 3. The van der Waals surface area contributed by atoms with Gasteiger partial charge in [-0.3, -0.25) is 0 Å². The SMILES string of the molecule is c1cnc2c(c1)Oc1nccnc1N2. The number of ether oxygens (including phenoxy) is 1. The van der Waals surface area contributed by atoms with Crippen LogP contribution in [0.25, 0.3) is 0 Å². The van der Waals surface area contributed by atoms with E-state index >= 15 is 0 Å². The van der Waals surface area contributed by atoms with E-state index in [1.165, 1.54) is 0 Å². The van der Waals surface area contributed by atoms with Crippen LogP contribution in [-0.4, -0.2) is 15.0 Å². The first-order valence-electron chi connectivity index (χ1n) is 4.14. The number of rotatable bonds is 0. The predicted octanol–water partition coefficient (Wildman–Crippen LogP) is 1.72. The molecule has 0 aliphatic carbocycles. The smallest absolute Gasteiger partial charge is 0.263 e. The Morgan fingerprint density at radius 2 is 1.86 bits per heavy atom. The van der Waals surface area contributed by atoms with Crippen LogP contribution in [0.3, 0.4) is 0 Å². The molecule has 0 radical (unpaired) electrons. The van der Waals surface area contributed by atoms with E-state index in [0.717, 1.165) is 0 Å². The molecule has 2 aromatic rings. The van der Waals surface area contributed by atoms with Gasteiger partial charge in [-0.1, -0.05) is 0 Å². The molecule has 14 heavy (non-hydrogen) atoms. The van der Waals surface area contributed by atoms with E-state index in [9.17, 15) is 0 Å². The van der Waals surface area contributed by atoms with Crippen molar-refractivity contribution in [2.45, 2.75) is 0 Å². The zero-order valence-electron chi connectivity index (χ0n) is 7.14. The second kappa shape index (κ2) is 2.66. The van der Waals surface area contributed by atoms with Crippen LogP contribution >= 0.6 is 0 Å². The normalized spacial score (nSPS) is 12.0. The number of hydrogen-bond acceptors (Lipinski definition) is 5. The van der Waals surface area contributed by atoms with Crippen molar-refractivity contribution in [3.8, 4) is 11.6 Å². The van der Waals surface area contributed by atoms with Crippen LogP contribution in [0.1, 0.15) is 0 Å². The zero-order chi connectivity index (χ0) is 9.38. The molecule has 0 unspecified atom stereocenters. The van der Waals surface area contributed by atoms with Gasteiger partial charge in [-0.15, -0.1) is 0 Å². The molecule has 1 N–H and O–H groups in total. The summed E-state index contributed by atoms with van der Waals surface area (Å²) in [7, 11) is 0. The molecule has 0 saturated heterocycles. The maximum atomic E-state index is 5.48. The summed E-state index contributed by atoms with van der Waals surface area (Å²) < 4.78 is 5.48. The van der Waals surface area contributed by atoms with Crippen LogP contribution in [0.4, 0.5) is 11.6 Å². The van der Waals surface area contributed by atoms with Crippen molar-refractivity contribution in [3.63, 3.8) is 0 Å². The van der Waals surface area contributed by atoms with Crippen molar-refractivity contribution >= 4 is 11.6 Å². The third kappa shape index (κ3) is 0.990. The van der Waals surface area contributed by atoms with Crippen LogP contribution in [0.2, 0.25) is 0 Å². The summed E-state index contributed by atoms with van der Waals surface area (Å²) in [6, 6.07) is 3.63. The molecular weight excluding hydrogens is 180 g/mol. The van der Waals surface area contributed by atoms with Crippen LogP contribution in [-0.2, 0) is 0 Å². The van der Waals surface area contributed by atoms with Crippen molar-refractivity contribution in [1.82, 2.24) is 15.0 Å². The number of nitrogens with zero attached hydrogens (tertiary/aromatic N) is 3. The highest BCUT2D eigenvalue weighted by Crippen LogP contribution is 2.36. The third-order valence-electron chi connectivity index (χ3n) is 1.88. The number of fused-ring (bicyclic) bond motifs is 2. The number of anilines is 2. The zero-order valence-corrected chi connectivity index (χ0v) is 7.14. The van der Waals surface area contributed by atoms with Gasteiger partial charge in [-0.2, -0.15) is 0 Å². The topological polar surface area (TPSA) is 59.9 Å². The Hall–Kier alpha value is -2.17. The van der Waals surface area contributed by atoms with E-state index in [0.29, 0.717) is 23.3 Å². The van der Waals surface area contributed by atoms with Crippen LogP contribution in [0.15, 0.2) is 30.7 Å². The molecule has 1 aliphatic heterocycles. The van der Waals surface area contributed by atoms with Crippen molar-refractivity contribution < 1.29 is 4.74 Å². The lowest BCUT2D eigenvalue weighted by molar-refractivity contribution is 0.456. The Bertz CT molecular complexity index is 398. The van der Waals surface area contributed by atoms with Gasteiger partial charge in [0.25, 0.3) is 5.88 Å². The first kappa shape index (κ1) is 7.25. The molecule has 3 rings (SSSR count). The minimum Gasteiger partial charge on any atom is -0.432 e. The highest BCUT2D eigenvalue weighted by molar-refractivity contribution is 5.67. The monoisotopic (exact) mass is 186 g/mol. The summed E-state index contributed by atoms with van der Waals surface area (Å²) in [5.41, 5.74) is 0. The molecule has 68 valence electrons. The first-order chi connectivity index (χ1) is 6.93. The van der Waals surface area contributed by atoms with Gasteiger partial charge < -0.3 is 10.1 Å². The summed E-state index contributed by atoms with van der Waals surface area (Å²) in [6.07, 6.45) is 4.88. The van der Waals surface area contributed by atoms with E-state index in [1.54, 1.807) is 18.6 Å². The molecule has 0 spiro atoms. The Labute approximate surface area is 79.8 Å². The molecule has 2 aromatic heterocycles. The van der Waals surface area contributed by atoms with E-state index in [-0.39, 0.29) is 0 Å². The Morgan fingerprint density at radius 1 is 1.00 bits per heavy atom. The average molecular weight is 186 g/mol. The number of hydrogen-bond donors (Lipinski definition) is 1. The van der Waals surface area contributed by atoms with Crippen LogP contribution < -0.4 is 10.1 Å². The highest BCUT2D eigenvalue weighted by Gasteiger charge is 2.18. The maximum Gasteiger partial charge on any atom is 0.263 e. The van der Waals surface area contributed by atoms with Crippen molar-refractivity contribution in [1.29, 1.82) is 0 Å². The largest absolute Gasteiger partial charge is 0.432 e. The summed E-state index contributed by atoms with van der Waals surface area (Å²) in [4.78, 5) is 12.2. The highest BCUT2D eigenvalue weighted by atomic mass is 16.5. The summed E-state index contributed by atoms with van der Waals surface area (Å²) in [5.74, 6) is 2.41. The van der Waals surface area contributed by atoms with Gasteiger partial charge in [-0.25, -0.2) is 15.0 Å². The molecule has 0 aromatic carbocycles. The van der Waals surface area contributed by atoms with Gasteiger partial charge in [0.1, 0.15) is 0 Å². The fourth-order valence-electron chi connectivity index (χ4n) is 1.27. The van der Waals surface area contributed by atoms with Crippen molar-refractivity contribution in [2.24, 2.45) is 0 Å². The Morgan fingerprint density at radius 3 is 2.86 bits per heavy atom. The molecule has 0 amide bonds. The van der Waals surface area contributed by atoms with Crippen molar-refractivity contribution in [3.05, 3.63) is 30.7 Å². The minimum absolute atomic E-state index is 0.480. The minimum atomic E-state index is 0.480. The molecule has 0 fully saturated rings. The van der Waals surface area contributed by atoms with Crippen molar-refractivity contribution in [2.75, 3.05) is 5.32 Å². The van der Waals surface area contributed by atoms with E-state index < -0.39 is 0 Å². The molecule has 3 heterocycles. The second-order valence-electron chi connectivity index (χ2n) is 2.79. The standard InChI is InChI=1S/C9H6N4O/c1-2-6-7(10-3-1)13-8-9(14-6)12-5-4-11-8/h1-5H,(H,10,11,13). The molecule has 0 bridgehead atoms. The lowest BCUT2D eigenvalue weighted by Gasteiger charge is -2.17. The quantitative estimate of drug-likeness (QED) is 0.579. The molecule has 0 atom stereocenters. The van der Waals surface area contributed by atoms with Gasteiger partial charge in [0.15, 0.2) is 17.4 Å². The summed E-state index contributed by atoms with van der Waals surface area (Å²) in [6.45, 7) is 0. The maximum absolute atomic E-state index is 5.48. The molecule has 1 aliphatic rings. The van der Waals surface area contributed by atoms with E-state index in [4.69, 9.17) is 4.74 Å². The Kier molecular flexibility index (Phi) is 1.38. The fraction of sp³-hybridized carbons (Fsp3) is 0. The lowest BCUT2D eigenvalue weighted by atomic mass is 10.4. The second-order valence-corrected chi connectivity index (χ2v) is 2.79. The van der Waals surface area contributed by atoms with E-state index in [1.807, 2.05) is 12.1 Å². The number of nitrogens with one attached hydrogen (secondary N) is 1. The summed E-state index contributed by atoms with van der Waals surface area (Å²) >= 11 is 0. The third-order valence-corrected chi connectivity index (χ3v) is 1.88. The van der Waals surface area contributed by atoms with Gasteiger partial charge in [0.05, 0.1) is 0 Å². The Balaban J connectivity index is 2.12.